The average molecular weight is 553 g/mol. The number of fused-ring (bicyclic) bond motifs is 6. The number of nitrogens with zero attached hydrogens (tertiary/aromatic N) is 1. The minimum atomic E-state index is -1.30. The van der Waals surface area contributed by atoms with Gasteiger partial charge in [0.1, 0.15) is 11.5 Å². The zero-order valence-corrected chi connectivity index (χ0v) is 24.0. The van der Waals surface area contributed by atoms with Crippen LogP contribution in [-0.4, -0.2) is 29.6 Å². The molecular formula is C34H33ClN2O3. The molecule has 0 aliphatic carbocycles. The van der Waals surface area contributed by atoms with Gasteiger partial charge in [-0.2, -0.15) is 0 Å². The Morgan fingerprint density at radius 1 is 1.02 bits per heavy atom. The molecule has 0 saturated carbocycles. The van der Waals surface area contributed by atoms with Gasteiger partial charge in [0.25, 0.3) is 0 Å². The van der Waals surface area contributed by atoms with E-state index < -0.39 is 28.8 Å². The summed E-state index contributed by atoms with van der Waals surface area (Å²) in [6.07, 6.45) is 5.86. The highest BCUT2D eigenvalue weighted by atomic mass is 35.5. The Kier molecular flexibility index (Phi) is 6.26. The van der Waals surface area contributed by atoms with Crippen molar-refractivity contribution in [3.05, 3.63) is 100 Å². The van der Waals surface area contributed by atoms with E-state index in [1.165, 1.54) is 0 Å². The predicted molar refractivity (Wildman–Crippen MR) is 160 cm³/mol. The van der Waals surface area contributed by atoms with Gasteiger partial charge in [0.05, 0.1) is 12.0 Å². The molecule has 6 rings (SSSR count). The summed E-state index contributed by atoms with van der Waals surface area (Å²) in [5, 5.41) is 3.65. The highest BCUT2D eigenvalue weighted by Crippen LogP contribution is 2.58. The second-order valence-corrected chi connectivity index (χ2v) is 12.6. The van der Waals surface area contributed by atoms with Crippen molar-refractivity contribution in [3.8, 4) is 0 Å². The SMILES string of the molecule is CCCc1ccc(C(=O)[C@H]2[C@@H](C(=O)C(C)(C)C)N3c4ccc(Cl)cc4C=C[C@@H]3[C@]23C(=O)Nc2ccccc23)cc1. The molecule has 1 saturated heterocycles. The van der Waals surface area contributed by atoms with E-state index in [1.54, 1.807) is 6.07 Å². The van der Waals surface area contributed by atoms with Gasteiger partial charge in [-0.15, -0.1) is 0 Å². The van der Waals surface area contributed by atoms with Gasteiger partial charge >= 0.3 is 0 Å². The number of rotatable bonds is 5. The zero-order chi connectivity index (χ0) is 28.4. The van der Waals surface area contributed by atoms with Crippen LogP contribution in [0, 0.1) is 11.3 Å². The van der Waals surface area contributed by atoms with E-state index in [-0.39, 0.29) is 17.5 Å². The minimum absolute atomic E-state index is 0.0799. The first-order valence-electron chi connectivity index (χ1n) is 13.9. The summed E-state index contributed by atoms with van der Waals surface area (Å²) in [5.41, 5.74) is 2.69. The summed E-state index contributed by atoms with van der Waals surface area (Å²) < 4.78 is 0. The van der Waals surface area contributed by atoms with Gasteiger partial charge in [0.15, 0.2) is 11.6 Å². The first kappa shape index (κ1) is 26.5. The Labute approximate surface area is 240 Å². The second kappa shape index (κ2) is 9.45. The second-order valence-electron chi connectivity index (χ2n) is 12.1. The van der Waals surface area contributed by atoms with Crippen molar-refractivity contribution in [2.24, 2.45) is 11.3 Å². The van der Waals surface area contributed by atoms with Crippen LogP contribution < -0.4 is 10.2 Å². The molecule has 0 bridgehead atoms. The molecule has 1 N–H and O–H groups in total. The number of ketones is 2. The molecule has 3 aromatic rings. The number of carbonyl (C=O) groups is 3. The molecule has 0 aromatic heterocycles. The molecule has 3 heterocycles. The van der Waals surface area contributed by atoms with Gasteiger partial charge in [-0.1, -0.05) is 100 Å². The number of anilines is 2. The summed E-state index contributed by atoms with van der Waals surface area (Å²) >= 11 is 6.36. The van der Waals surface area contributed by atoms with Crippen LogP contribution in [-0.2, 0) is 21.4 Å². The monoisotopic (exact) mass is 552 g/mol. The van der Waals surface area contributed by atoms with Gasteiger partial charge in [-0.25, -0.2) is 0 Å². The first-order valence-corrected chi connectivity index (χ1v) is 14.3. The molecule has 0 radical (unpaired) electrons. The summed E-state index contributed by atoms with van der Waals surface area (Å²) in [7, 11) is 0. The number of hydrogen-bond acceptors (Lipinski definition) is 4. The summed E-state index contributed by atoms with van der Waals surface area (Å²) in [6, 6.07) is 19.4. The average Bonchev–Trinajstić information content (AvgIpc) is 3.40. The fraction of sp³-hybridized carbons (Fsp3) is 0.324. The molecule has 1 spiro atoms. The fourth-order valence-electron chi connectivity index (χ4n) is 6.90. The third-order valence-electron chi connectivity index (χ3n) is 8.66. The largest absolute Gasteiger partial charge is 0.352 e. The summed E-state index contributed by atoms with van der Waals surface area (Å²) in [6.45, 7) is 7.75. The Balaban J connectivity index is 1.64. The number of Topliss-reactive ketones (excluding diaryl/α,β-unsaturated/α-hetero) is 2. The zero-order valence-electron chi connectivity index (χ0n) is 23.2. The smallest absolute Gasteiger partial charge is 0.238 e. The highest BCUT2D eigenvalue weighted by molar-refractivity contribution is 6.31. The molecule has 0 unspecified atom stereocenters. The van der Waals surface area contributed by atoms with Crippen molar-refractivity contribution in [2.75, 3.05) is 10.2 Å². The van der Waals surface area contributed by atoms with Crippen LogP contribution >= 0.6 is 11.6 Å². The Bertz CT molecular complexity index is 1570. The van der Waals surface area contributed by atoms with Crippen LogP contribution in [0.15, 0.2) is 72.8 Å². The van der Waals surface area contributed by atoms with Crippen molar-refractivity contribution in [2.45, 2.75) is 58.0 Å². The Hall–Kier alpha value is -3.70. The molecule has 40 heavy (non-hydrogen) atoms. The molecule has 1 amide bonds. The first-order chi connectivity index (χ1) is 19.1. The lowest BCUT2D eigenvalue weighted by Gasteiger charge is -2.38. The van der Waals surface area contributed by atoms with Crippen molar-refractivity contribution in [3.63, 3.8) is 0 Å². The number of halogens is 1. The molecule has 3 aliphatic heterocycles. The Morgan fingerprint density at radius 3 is 2.45 bits per heavy atom. The number of amides is 1. The van der Waals surface area contributed by atoms with Crippen LogP contribution in [0.5, 0.6) is 0 Å². The maximum Gasteiger partial charge on any atom is 0.238 e. The maximum atomic E-state index is 14.8. The quantitative estimate of drug-likeness (QED) is 0.350. The van der Waals surface area contributed by atoms with E-state index in [0.29, 0.717) is 16.3 Å². The molecule has 3 aliphatic rings. The van der Waals surface area contributed by atoms with Gasteiger partial charge in [0.2, 0.25) is 5.91 Å². The maximum absolute atomic E-state index is 14.8. The standard InChI is InChI=1S/C34H33ClN2O3/c1-5-8-20-11-13-21(14-12-20)30(38)28-29(31(39)33(2,3)4)37-26-17-16-23(35)19-22(26)15-18-27(37)34(28)24-9-6-7-10-25(24)36-32(34)40/h6-7,9-19,27-29H,5,8H2,1-4H3,(H,36,40)/t27-,28-,29+,34+/m1/s1. The number of benzene rings is 3. The highest BCUT2D eigenvalue weighted by Gasteiger charge is 2.70. The van der Waals surface area contributed by atoms with Crippen molar-refractivity contribution in [1.29, 1.82) is 0 Å². The van der Waals surface area contributed by atoms with Crippen LogP contribution in [0.1, 0.15) is 61.2 Å². The Morgan fingerprint density at radius 2 is 1.75 bits per heavy atom. The van der Waals surface area contributed by atoms with Crippen molar-refractivity contribution < 1.29 is 14.4 Å². The van der Waals surface area contributed by atoms with Crippen LogP contribution in [0.25, 0.3) is 6.08 Å². The lowest BCUT2D eigenvalue weighted by Crippen LogP contribution is -2.51. The number of carbonyl (C=O) groups excluding carboxylic acids is 3. The van der Waals surface area contributed by atoms with E-state index in [1.807, 2.05) is 98.5 Å². The van der Waals surface area contributed by atoms with Crippen LogP contribution in [0.4, 0.5) is 11.4 Å². The normalized spacial score (nSPS) is 24.5. The van der Waals surface area contributed by atoms with Gasteiger partial charge in [-0.3, -0.25) is 14.4 Å². The third-order valence-corrected chi connectivity index (χ3v) is 8.90. The molecule has 204 valence electrons. The van der Waals surface area contributed by atoms with Gasteiger partial charge in [0, 0.05) is 27.4 Å². The van der Waals surface area contributed by atoms with E-state index in [2.05, 4.69) is 12.2 Å². The third kappa shape index (κ3) is 3.78. The lowest BCUT2D eigenvalue weighted by atomic mass is 9.63. The van der Waals surface area contributed by atoms with E-state index in [0.717, 1.165) is 35.2 Å². The molecule has 3 aromatic carbocycles. The number of nitrogens with one attached hydrogen (secondary N) is 1. The summed E-state index contributed by atoms with van der Waals surface area (Å²) in [5.74, 6) is -1.48. The predicted octanol–water partition coefficient (Wildman–Crippen LogP) is 6.88. The molecule has 5 nitrogen and oxygen atoms in total. The van der Waals surface area contributed by atoms with E-state index in [4.69, 9.17) is 11.6 Å². The topological polar surface area (TPSA) is 66.5 Å². The van der Waals surface area contributed by atoms with E-state index >= 15 is 0 Å². The van der Waals surface area contributed by atoms with E-state index in [9.17, 15) is 14.4 Å². The van der Waals surface area contributed by atoms with Crippen LogP contribution in [0.3, 0.4) is 0 Å². The fourth-order valence-corrected chi connectivity index (χ4v) is 7.08. The van der Waals surface area contributed by atoms with Crippen molar-refractivity contribution in [1.82, 2.24) is 0 Å². The molecule has 6 heteroatoms. The van der Waals surface area contributed by atoms with Gasteiger partial charge < -0.3 is 10.2 Å². The number of para-hydroxylation sites is 1. The molecular weight excluding hydrogens is 520 g/mol. The summed E-state index contributed by atoms with van der Waals surface area (Å²) in [4.78, 5) is 45.6. The van der Waals surface area contributed by atoms with Gasteiger partial charge in [-0.05, 0) is 47.4 Å². The minimum Gasteiger partial charge on any atom is -0.352 e. The lowest BCUT2D eigenvalue weighted by molar-refractivity contribution is -0.128. The van der Waals surface area contributed by atoms with Crippen molar-refractivity contribution >= 4 is 46.5 Å². The number of aryl methyl sites for hydroxylation is 1. The number of hydrogen-bond donors (Lipinski definition) is 1. The molecule has 4 atom stereocenters. The van der Waals surface area contributed by atoms with Crippen LogP contribution in [0.2, 0.25) is 5.02 Å². The molecule has 1 fully saturated rings.